The first kappa shape index (κ1) is 11.4. The molecule has 1 aromatic rings. The molecule has 0 spiro atoms. The Labute approximate surface area is 97.0 Å². The second-order valence-corrected chi connectivity index (χ2v) is 3.51. The number of carbonyl (C=O) groups excluding carboxylic acids is 2. The maximum absolute atomic E-state index is 13.0. The Balaban J connectivity index is 2.25. The fourth-order valence-corrected chi connectivity index (χ4v) is 1.56. The van der Waals surface area contributed by atoms with Crippen molar-refractivity contribution in [3.63, 3.8) is 0 Å². The van der Waals surface area contributed by atoms with Gasteiger partial charge in [-0.05, 0) is 25.1 Å². The summed E-state index contributed by atoms with van der Waals surface area (Å²) in [6.07, 6.45) is 0. The molecule has 17 heavy (non-hydrogen) atoms. The first-order valence-corrected chi connectivity index (χ1v) is 5.15. The van der Waals surface area contributed by atoms with Gasteiger partial charge in [-0.3, -0.25) is 4.79 Å². The molecule has 0 radical (unpaired) electrons. The van der Waals surface area contributed by atoms with E-state index in [0.717, 1.165) is 0 Å². The van der Waals surface area contributed by atoms with Crippen LogP contribution in [0.5, 0.6) is 0 Å². The van der Waals surface area contributed by atoms with Crippen molar-refractivity contribution in [3.05, 3.63) is 24.0 Å². The summed E-state index contributed by atoms with van der Waals surface area (Å²) >= 11 is 0. The van der Waals surface area contributed by atoms with E-state index in [0.29, 0.717) is 11.4 Å². The zero-order chi connectivity index (χ0) is 12.4. The van der Waals surface area contributed by atoms with E-state index in [2.05, 4.69) is 10.6 Å². The highest BCUT2D eigenvalue weighted by molar-refractivity contribution is 6.14. The van der Waals surface area contributed by atoms with Crippen molar-refractivity contribution >= 4 is 23.3 Å². The van der Waals surface area contributed by atoms with Crippen molar-refractivity contribution in [2.45, 2.75) is 13.0 Å². The van der Waals surface area contributed by atoms with Crippen LogP contribution in [0.3, 0.4) is 0 Å². The Morgan fingerprint density at radius 2 is 2.24 bits per heavy atom. The molecule has 2 rings (SSSR count). The highest BCUT2D eigenvalue weighted by Crippen LogP contribution is 2.27. The normalized spacial score (nSPS) is 17.8. The molecule has 1 aliphatic rings. The largest absolute Gasteiger partial charge is 0.464 e. The lowest BCUT2D eigenvalue weighted by atomic mass is 10.1. The van der Waals surface area contributed by atoms with E-state index in [-0.39, 0.29) is 6.61 Å². The number of hydrogen-bond acceptors (Lipinski definition) is 4. The summed E-state index contributed by atoms with van der Waals surface area (Å²) in [5.41, 5.74) is 0.805. The molecule has 0 saturated carbocycles. The molecule has 0 saturated heterocycles. The minimum Gasteiger partial charge on any atom is -0.464 e. The fraction of sp³-hybridized carbons (Fsp3) is 0.273. The van der Waals surface area contributed by atoms with Crippen molar-refractivity contribution in [2.75, 3.05) is 17.2 Å². The molecule has 6 heteroatoms. The van der Waals surface area contributed by atoms with Gasteiger partial charge in [-0.25, -0.2) is 9.18 Å². The Kier molecular flexibility index (Phi) is 2.95. The molecule has 0 bridgehead atoms. The molecule has 1 unspecified atom stereocenters. The number of halogens is 1. The van der Waals surface area contributed by atoms with Gasteiger partial charge in [0.15, 0.2) is 0 Å². The lowest BCUT2D eigenvalue weighted by Crippen LogP contribution is -2.45. The monoisotopic (exact) mass is 238 g/mol. The van der Waals surface area contributed by atoms with Crippen LogP contribution in [0.15, 0.2) is 18.2 Å². The number of nitrogens with one attached hydrogen (secondary N) is 2. The van der Waals surface area contributed by atoms with E-state index in [1.165, 1.54) is 18.2 Å². The van der Waals surface area contributed by atoms with Crippen LogP contribution in [0.4, 0.5) is 15.8 Å². The van der Waals surface area contributed by atoms with Gasteiger partial charge in [0.25, 0.3) is 5.91 Å². The van der Waals surface area contributed by atoms with Crippen molar-refractivity contribution < 1.29 is 18.7 Å². The minimum atomic E-state index is -1.13. The van der Waals surface area contributed by atoms with Gasteiger partial charge in [0.2, 0.25) is 6.04 Å². The highest BCUT2D eigenvalue weighted by atomic mass is 19.1. The molecule has 1 amide bonds. The lowest BCUT2D eigenvalue weighted by molar-refractivity contribution is -0.146. The van der Waals surface area contributed by atoms with Crippen LogP contribution >= 0.6 is 0 Å². The van der Waals surface area contributed by atoms with Crippen molar-refractivity contribution in [3.8, 4) is 0 Å². The molecule has 1 heterocycles. The fourth-order valence-electron chi connectivity index (χ4n) is 1.56. The third kappa shape index (κ3) is 2.20. The summed E-state index contributed by atoms with van der Waals surface area (Å²) in [5, 5.41) is 5.15. The van der Waals surface area contributed by atoms with E-state index in [4.69, 9.17) is 4.74 Å². The Morgan fingerprint density at radius 1 is 1.47 bits per heavy atom. The number of esters is 1. The van der Waals surface area contributed by atoms with E-state index in [1.807, 2.05) is 0 Å². The van der Waals surface area contributed by atoms with E-state index in [1.54, 1.807) is 6.92 Å². The minimum absolute atomic E-state index is 0.181. The Bertz CT molecular complexity index is 476. The van der Waals surface area contributed by atoms with Crippen LogP contribution in [-0.2, 0) is 14.3 Å². The molecular formula is C11H11FN2O3. The van der Waals surface area contributed by atoms with Gasteiger partial charge in [0.05, 0.1) is 18.0 Å². The molecule has 0 aromatic heterocycles. The first-order chi connectivity index (χ1) is 8.11. The van der Waals surface area contributed by atoms with Crippen LogP contribution in [0, 0.1) is 5.82 Å². The number of carbonyl (C=O) groups is 2. The third-order valence-corrected chi connectivity index (χ3v) is 2.32. The molecule has 1 aromatic carbocycles. The predicted octanol–water partition coefficient (Wildman–Crippen LogP) is 1.12. The predicted molar refractivity (Wildman–Crippen MR) is 59.1 cm³/mol. The summed E-state index contributed by atoms with van der Waals surface area (Å²) in [7, 11) is 0. The molecule has 90 valence electrons. The molecule has 1 aliphatic heterocycles. The van der Waals surface area contributed by atoms with Crippen LogP contribution in [0.2, 0.25) is 0 Å². The van der Waals surface area contributed by atoms with Gasteiger partial charge in [-0.15, -0.1) is 0 Å². The Hall–Kier alpha value is -2.11. The SMILES string of the molecule is CCOC(=O)C1Nc2cc(F)ccc2NC1=O. The molecule has 5 nitrogen and oxygen atoms in total. The quantitative estimate of drug-likeness (QED) is 0.598. The summed E-state index contributed by atoms with van der Waals surface area (Å²) < 4.78 is 17.7. The standard InChI is InChI=1S/C11H11FN2O3/c1-2-17-11(16)9-10(15)14-7-4-3-6(12)5-8(7)13-9/h3-5,9,13H,2H2,1H3,(H,14,15). The van der Waals surface area contributed by atoms with Gasteiger partial charge in [-0.1, -0.05) is 0 Å². The lowest BCUT2D eigenvalue weighted by Gasteiger charge is -2.25. The van der Waals surface area contributed by atoms with Crippen molar-refractivity contribution in [1.82, 2.24) is 0 Å². The smallest absolute Gasteiger partial charge is 0.338 e. The van der Waals surface area contributed by atoms with Crippen LogP contribution in [0.25, 0.3) is 0 Å². The van der Waals surface area contributed by atoms with Crippen molar-refractivity contribution in [2.24, 2.45) is 0 Å². The number of amides is 1. The van der Waals surface area contributed by atoms with Crippen LogP contribution in [0.1, 0.15) is 6.92 Å². The topological polar surface area (TPSA) is 67.4 Å². The maximum Gasteiger partial charge on any atom is 0.338 e. The van der Waals surface area contributed by atoms with E-state index >= 15 is 0 Å². The number of benzene rings is 1. The molecular weight excluding hydrogens is 227 g/mol. The summed E-state index contributed by atoms with van der Waals surface area (Å²) in [5.74, 6) is -1.64. The molecule has 0 aliphatic carbocycles. The van der Waals surface area contributed by atoms with Crippen LogP contribution < -0.4 is 10.6 Å². The number of ether oxygens (including phenoxy) is 1. The number of fused-ring (bicyclic) bond motifs is 1. The average molecular weight is 238 g/mol. The number of rotatable bonds is 2. The summed E-state index contributed by atoms with van der Waals surface area (Å²) in [4.78, 5) is 23.1. The van der Waals surface area contributed by atoms with Crippen molar-refractivity contribution in [1.29, 1.82) is 0 Å². The highest BCUT2D eigenvalue weighted by Gasteiger charge is 2.32. The number of anilines is 2. The molecule has 0 fully saturated rings. The summed E-state index contributed by atoms with van der Waals surface area (Å²) in [6.45, 7) is 1.83. The first-order valence-electron chi connectivity index (χ1n) is 5.15. The van der Waals surface area contributed by atoms with Gasteiger partial charge < -0.3 is 15.4 Å². The zero-order valence-corrected chi connectivity index (χ0v) is 9.12. The zero-order valence-electron chi connectivity index (χ0n) is 9.12. The molecule has 1 atom stereocenters. The Morgan fingerprint density at radius 3 is 2.94 bits per heavy atom. The summed E-state index contributed by atoms with van der Waals surface area (Å²) in [6, 6.07) is 2.73. The second kappa shape index (κ2) is 4.40. The third-order valence-electron chi connectivity index (χ3n) is 2.32. The van der Waals surface area contributed by atoms with Gasteiger partial charge in [0, 0.05) is 0 Å². The maximum atomic E-state index is 13.0. The van der Waals surface area contributed by atoms with Gasteiger partial charge >= 0.3 is 5.97 Å². The van der Waals surface area contributed by atoms with Gasteiger partial charge in [-0.2, -0.15) is 0 Å². The van der Waals surface area contributed by atoms with Crippen LogP contribution in [-0.4, -0.2) is 24.5 Å². The van der Waals surface area contributed by atoms with E-state index in [9.17, 15) is 14.0 Å². The van der Waals surface area contributed by atoms with E-state index < -0.39 is 23.7 Å². The number of hydrogen-bond donors (Lipinski definition) is 2. The second-order valence-electron chi connectivity index (χ2n) is 3.51. The average Bonchev–Trinajstić information content (AvgIpc) is 2.29. The van der Waals surface area contributed by atoms with Gasteiger partial charge in [0.1, 0.15) is 5.82 Å². The molecule has 2 N–H and O–H groups in total.